The third kappa shape index (κ3) is 3.91. The Hall–Kier alpha value is -4.89. The van der Waals surface area contributed by atoms with Crippen LogP contribution in [0.25, 0.3) is 16.0 Å². The van der Waals surface area contributed by atoms with Gasteiger partial charge >= 0.3 is 0 Å². The monoisotopic (exact) mass is 484 g/mol. The van der Waals surface area contributed by atoms with Gasteiger partial charge in [0.15, 0.2) is 17.2 Å². The van der Waals surface area contributed by atoms with Crippen molar-refractivity contribution in [3.8, 4) is 16.9 Å². The van der Waals surface area contributed by atoms with Crippen molar-refractivity contribution >= 4 is 17.6 Å². The van der Waals surface area contributed by atoms with Crippen molar-refractivity contribution in [1.29, 1.82) is 0 Å². The van der Waals surface area contributed by atoms with Crippen molar-refractivity contribution in [2.75, 3.05) is 0 Å². The van der Waals surface area contributed by atoms with Crippen LogP contribution in [0.2, 0.25) is 0 Å². The Bertz CT molecular complexity index is 1560. The number of aliphatic imine (C=N–C) groups is 1. The molecule has 37 heavy (non-hydrogen) atoms. The molecule has 2 aliphatic heterocycles. The van der Waals surface area contributed by atoms with E-state index in [4.69, 9.17) is 22.0 Å². The molecule has 6 rings (SSSR count). The zero-order valence-electron chi connectivity index (χ0n) is 20.0. The van der Waals surface area contributed by atoms with Gasteiger partial charge in [0, 0.05) is 12.0 Å². The summed E-state index contributed by atoms with van der Waals surface area (Å²) in [6, 6.07) is 32.9. The molecule has 6 heteroatoms. The van der Waals surface area contributed by atoms with Gasteiger partial charge in [-0.15, -0.1) is 0 Å². The van der Waals surface area contributed by atoms with Gasteiger partial charge < -0.3 is 10.5 Å². The van der Waals surface area contributed by atoms with Crippen molar-refractivity contribution < 1.29 is 9.53 Å². The van der Waals surface area contributed by atoms with E-state index in [1.807, 2.05) is 97.1 Å². The lowest BCUT2D eigenvalue weighted by Gasteiger charge is -2.37. The van der Waals surface area contributed by atoms with Crippen LogP contribution in [0.15, 0.2) is 108 Å². The van der Waals surface area contributed by atoms with Gasteiger partial charge in [0.1, 0.15) is 11.9 Å². The highest BCUT2D eigenvalue weighted by molar-refractivity contribution is 6.07. The first-order valence-corrected chi connectivity index (χ1v) is 12.1. The van der Waals surface area contributed by atoms with Crippen molar-refractivity contribution in [3.63, 3.8) is 0 Å². The number of hydrogen-bond donors (Lipinski definition) is 1. The molecule has 1 spiro atoms. The summed E-state index contributed by atoms with van der Waals surface area (Å²) in [4.78, 5) is 24.2. The number of fused-ring (bicyclic) bond motifs is 2. The lowest BCUT2D eigenvalue weighted by atomic mass is 9.79. The number of carbonyl (C=O) groups excluding carboxylic acids is 1. The lowest BCUT2D eigenvalue weighted by molar-refractivity contribution is -0.133. The molecule has 180 valence electrons. The van der Waals surface area contributed by atoms with Gasteiger partial charge in [-0.3, -0.25) is 9.69 Å². The normalized spacial score (nSPS) is 20.2. The number of guanidine groups is 1. The van der Waals surface area contributed by atoms with Crippen LogP contribution >= 0.6 is 0 Å². The molecule has 0 fully saturated rings. The van der Waals surface area contributed by atoms with Crippen molar-refractivity contribution in [2.24, 2.45) is 10.7 Å². The van der Waals surface area contributed by atoms with Gasteiger partial charge in [-0.1, -0.05) is 84.9 Å². The lowest BCUT2D eigenvalue weighted by Crippen LogP contribution is -2.45. The molecule has 2 N–H and O–H groups in total. The molecule has 0 bridgehead atoms. The van der Waals surface area contributed by atoms with E-state index in [1.165, 1.54) is 0 Å². The summed E-state index contributed by atoms with van der Waals surface area (Å²) in [6.07, 6.45) is -0.0254. The second-order valence-electron chi connectivity index (χ2n) is 9.30. The zero-order chi connectivity index (χ0) is 25.4. The summed E-state index contributed by atoms with van der Waals surface area (Å²) in [5.41, 5.74) is 10.2. The highest BCUT2D eigenvalue weighted by Crippen LogP contribution is 2.51. The SMILES string of the molecule is [C-]#[N+]c1cccc(-c2ccc3c(c2)[C@@]2(C[C@H](c4ccccc4)O3)N=C(N)N(Cc3ccccc3)C2=O)c1. The van der Waals surface area contributed by atoms with Gasteiger partial charge in [0.25, 0.3) is 5.91 Å². The molecule has 2 atom stereocenters. The molecule has 2 aliphatic rings. The van der Waals surface area contributed by atoms with Crippen molar-refractivity contribution in [1.82, 2.24) is 4.90 Å². The minimum Gasteiger partial charge on any atom is -0.485 e. The fourth-order valence-electron chi connectivity index (χ4n) is 5.18. The summed E-state index contributed by atoms with van der Waals surface area (Å²) >= 11 is 0. The van der Waals surface area contributed by atoms with E-state index in [9.17, 15) is 4.79 Å². The smallest absolute Gasteiger partial charge is 0.262 e. The van der Waals surface area contributed by atoms with Crippen molar-refractivity contribution in [2.45, 2.75) is 24.6 Å². The van der Waals surface area contributed by atoms with E-state index in [1.54, 1.807) is 11.0 Å². The number of carbonyl (C=O) groups is 1. The van der Waals surface area contributed by atoms with Crippen LogP contribution in [0.4, 0.5) is 5.69 Å². The Morgan fingerprint density at radius 1 is 0.946 bits per heavy atom. The highest BCUT2D eigenvalue weighted by atomic mass is 16.5. The average Bonchev–Trinajstić information content (AvgIpc) is 3.18. The number of benzene rings is 4. The molecule has 0 aromatic heterocycles. The molecule has 0 aliphatic carbocycles. The molecule has 6 nitrogen and oxygen atoms in total. The Labute approximate surface area is 215 Å². The molecule has 1 amide bonds. The van der Waals surface area contributed by atoms with Gasteiger partial charge in [-0.05, 0) is 40.5 Å². The number of nitrogens with zero attached hydrogens (tertiary/aromatic N) is 3. The van der Waals surface area contributed by atoms with E-state index in [2.05, 4.69) is 4.85 Å². The average molecular weight is 485 g/mol. The van der Waals surface area contributed by atoms with Crippen molar-refractivity contribution in [3.05, 3.63) is 131 Å². The highest BCUT2D eigenvalue weighted by Gasteiger charge is 2.54. The molecule has 0 radical (unpaired) electrons. The zero-order valence-corrected chi connectivity index (χ0v) is 20.0. The first kappa shape index (κ1) is 22.6. The van der Waals surface area contributed by atoms with E-state index >= 15 is 0 Å². The fraction of sp³-hybridized carbons (Fsp3) is 0.129. The van der Waals surface area contributed by atoms with Crippen LogP contribution in [-0.2, 0) is 16.9 Å². The summed E-state index contributed by atoms with van der Waals surface area (Å²) < 4.78 is 6.45. The largest absolute Gasteiger partial charge is 0.485 e. The third-order valence-electron chi connectivity index (χ3n) is 7.02. The maximum Gasteiger partial charge on any atom is 0.262 e. The first-order chi connectivity index (χ1) is 18.1. The molecule has 4 aromatic carbocycles. The maximum atomic E-state index is 14.2. The predicted octanol–water partition coefficient (Wildman–Crippen LogP) is 5.98. The Morgan fingerprint density at radius 2 is 1.68 bits per heavy atom. The number of rotatable bonds is 4. The Balaban J connectivity index is 1.47. The summed E-state index contributed by atoms with van der Waals surface area (Å²) in [6.45, 7) is 7.72. The van der Waals surface area contributed by atoms with E-state index < -0.39 is 5.54 Å². The summed E-state index contributed by atoms with van der Waals surface area (Å²) in [5.74, 6) is 0.650. The van der Waals surface area contributed by atoms with Crippen LogP contribution in [0.3, 0.4) is 0 Å². The minimum absolute atomic E-state index is 0.161. The first-order valence-electron chi connectivity index (χ1n) is 12.1. The fourth-order valence-corrected chi connectivity index (χ4v) is 5.18. The Kier molecular flexibility index (Phi) is 5.46. The quantitative estimate of drug-likeness (QED) is 0.362. The van der Waals surface area contributed by atoms with Crippen LogP contribution in [0.5, 0.6) is 5.75 Å². The van der Waals surface area contributed by atoms with Gasteiger partial charge in [-0.25, -0.2) is 9.84 Å². The van der Waals surface area contributed by atoms with E-state index in [0.717, 1.165) is 22.3 Å². The molecule has 0 unspecified atom stereocenters. The number of hydrogen-bond acceptors (Lipinski definition) is 4. The molecule has 2 heterocycles. The number of ether oxygens (including phenoxy) is 1. The van der Waals surface area contributed by atoms with Crippen LogP contribution in [0.1, 0.15) is 29.2 Å². The second-order valence-corrected chi connectivity index (χ2v) is 9.30. The maximum absolute atomic E-state index is 14.2. The number of amides is 1. The van der Waals surface area contributed by atoms with Crippen LogP contribution in [0, 0.1) is 6.57 Å². The van der Waals surface area contributed by atoms with E-state index in [-0.39, 0.29) is 18.0 Å². The third-order valence-corrected chi connectivity index (χ3v) is 7.02. The van der Waals surface area contributed by atoms with Gasteiger partial charge in [-0.2, -0.15) is 0 Å². The van der Waals surface area contributed by atoms with Gasteiger partial charge in [0.2, 0.25) is 0 Å². The van der Waals surface area contributed by atoms with E-state index in [0.29, 0.717) is 30.0 Å². The number of nitrogens with two attached hydrogens (primary N) is 1. The summed E-state index contributed by atoms with van der Waals surface area (Å²) in [5, 5.41) is 0. The molecule has 0 saturated heterocycles. The minimum atomic E-state index is -1.21. The molecule has 0 saturated carbocycles. The summed E-state index contributed by atoms with van der Waals surface area (Å²) in [7, 11) is 0. The topological polar surface area (TPSA) is 72.3 Å². The molecular weight excluding hydrogens is 460 g/mol. The van der Waals surface area contributed by atoms with Crippen LogP contribution < -0.4 is 10.5 Å². The Morgan fingerprint density at radius 3 is 2.43 bits per heavy atom. The predicted molar refractivity (Wildman–Crippen MR) is 143 cm³/mol. The molecular formula is C31H24N4O2. The second kappa shape index (κ2) is 8.96. The standard InChI is InChI=1S/C31H24N4O2/c1-33-25-14-8-13-23(17-25)24-15-16-27-26(18-24)31(19-28(37-27)22-11-6-3-7-12-22)29(36)35(30(32)34-31)20-21-9-4-2-5-10-21/h2-18,28H,19-20H2,(H2,32,34)/t28-,31-/m1/s1. The van der Waals surface area contributed by atoms with Gasteiger partial charge in [0.05, 0.1) is 13.1 Å². The van der Waals surface area contributed by atoms with Crippen LogP contribution in [-0.4, -0.2) is 16.8 Å². The molecule has 4 aromatic rings.